The van der Waals surface area contributed by atoms with E-state index >= 15 is 0 Å². The Bertz CT molecular complexity index is 982. The summed E-state index contributed by atoms with van der Waals surface area (Å²) in [6.07, 6.45) is 7.14. The standard InChI is InChI=1S/C20H26N4O3.C6H12O/c1-5-13(2)23-20(25)14-6-8-24(9-7-14)19-15-10-17(26-3)18(27-4)11-16(15)21-12-22-19;1-4-5-7-6(2)3/h5,10-12,14H,6-9H2,1-4H3,(H,23,25);4,6H,1,5H2,2-3H3/b13-5+;. The lowest BCUT2D eigenvalue weighted by Gasteiger charge is -2.32. The maximum atomic E-state index is 12.4. The Morgan fingerprint density at radius 2 is 1.85 bits per heavy atom. The monoisotopic (exact) mass is 470 g/mol. The number of aromatic nitrogens is 2. The highest BCUT2D eigenvalue weighted by molar-refractivity contribution is 5.92. The fourth-order valence-electron chi connectivity index (χ4n) is 3.60. The van der Waals surface area contributed by atoms with Gasteiger partial charge in [-0.15, -0.1) is 6.58 Å². The van der Waals surface area contributed by atoms with Crippen LogP contribution in [0.4, 0.5) is 5.82 Å². The summed E-state index contributed by atoms with van der Waals surface area (Å²) in [6.45, 7) is 13.5. The normalized spacial score (nSPS) is 14.4. The second kappa shape index (κ2) is 13.5. The average Bonchev–Trinajstić information content (AvgIpc) is 2.86. The summed E-state index contributed by atoms with van der Waals surface area (Å²) in [5, 5.41) is 3.88. The number of benzene rings is 1. The van der Waals surface area contributed by atoms with Gasteiger partial charge in [-0.05, 0) is 46.6 Å². The number of fused-ring (bicyclic) bond motifs is 1. The molecule has 1 fully saturated rings. The molecule has 1 aromatic heterocycles. The number of hydrogen-bond donors (Lipinski definition) is 1. The molecule has 0 bridgehead atoms. The summed E-state index contributed by atoms with van der Waals surface area (Å²) in [4.78, 5) is 23.4. The summed E-state index contributed by atoms with van der Waals surface area (Å²) in [6, 6.07) is 3.77. The molecule has 0 spiro atoms. The topological polar surface area (TPSA) is 85.8 Å². The molecule has 1 amide bonds. The van der Waals surface area contributed by atoms with Crippen molar-refractivity contribution >= 4 is 22.6 Å². The van der Waals surface area contributed by atoms with Crippen molar-refractivity contribution in [1.29, 1.82) is 0 Å². The maximum absolute atomic E-state index is 12.4. The number of nitrogens with zero attached hydrogens (tertiary/aromatic N) is 3. The van der Waals surface area contributed by atoms with E-state index in [1.807, 2.05) is 45.9 Å². The van der Waals surface area contributed by atoms with Gasteiger partial charge in [-0.2, -0.15) is 0 Å². The Balaban J connectivity index is 0.000000509. The summed E-state index contributed by atoms with van der Waals surface area (Å²) in [5.41, 5.74) is 1.70. The molecule has 0 aliphatic carbocycles. The highest BCUT2D eigenvalue weighted by atomic mass is 16.5. The van der Waals surface area contributed by atoms with E-state index in [0.29, 0.717) is 24.2 Å². The van der Waals surface area contributed by atoms with Crippen molar-refractivity contribution < 1.29 is 19.0 Å². The third-order valence-electron chi connectivity index (χ3n) is 5.59. The first-order valence-electron chi connectivity index (χ1n) is 11.6. The van der Waals surface area contributed by atoms with Crippen LogP contribution in [0.1, 0.15) is 40.5 Å². The number of rotatable bonds is 8. The molecule has 34 heavy (non-hydrogen) atoms. The maximum Gasteiger partial charge on any atom is 0.227 e. The SMILES string of the molecule is C/C=C(\C)NC(=O)C1CCN(c2ncnc3cc(OC)c(OC)cc23)CC1.C=CCOC(C)C. The molecule has 0 unspecified atom stereocenters. The first-order chi connectivity index (χ1) is 16.3. The van der Waals surface area contributed by atoms with Crippen molar-refractivity contribution in [3.63, 3.8) is 0 Å². The average molecular weight is 471 g/mol. The molecule has 0 radical (unpaired) electrons. The molecular formula is C26H38N4O4. The van der Waals surface area contributed by atoms with Crippen LogP contribution >= 0.6 is 0 Å². The van der Waals surface area contributed by atoms with Crippen molar-refractivity contribution in [2.75, 3.05) is 38.8 Å². The molecule has 2 aromatic rings. The van der Waals surface area contributed by atoms with Crippen LogP contribution < -0.4 is 19.7 Å². The molecular weight excluding hydrogens is 432 g/mol. The van der Waals surface area contributed by atoms with Gasteiger partial charge in [-0.25, -0.2) is 9.97 Å². The Labute approximate surface area is 203 Å². The zero-order valence-corrected chi connectivity index (χ0v) is 21.3. The van der Waals surface area contributed by atoms with Crippen molar-refractivity contribution in [1.82, 2.24) is 15.3 Å². The Morgan fingerprint density at radius 1 is 1.21 bits per heavy atom. The minimum absolute atomic E-state index is 0.0267. The van der Waals surface area contributed by atoms with Crippen molar-refractivity contribution in [3.8, 4) is 11.5 Å². The number of carbonyl (C=O) groups excluding carboxylic acids is 1. The second-order valence-electron chi connectivity index (χ2n) is 8.31. The predicted molar refractivity (Wildman–Crippen MR) is 136 cm³/mol. The van der Waals surface area contributed by atoms with Crippen molar-refractivity contribution in [2.24, 2.45) is 5.92 Å². The van der Waals surface area contributed by atoms with E-state index in [-0.39, 0.29) is 11.8 Å². The van der Waals surface area contributed by atoms with E-state index in [1.54, 1.807) is 26.6 Å². The fraction of sp³-hybridized carbons (Fsp3) is 0.500. The molecule has 1 saturated heterocycles. The highest BCUT2D eigenvalue weighted by Crippen LogP contribution is 2.35. The van der Waals surface area contributed by atoms with Gasteiger partial charge in [0, 0.05) is 36.2 Å². The summed E-state index contributed by atoms with van der Waals surface area (Å²) in [7, 11) is 3.22. The Morgan fingerprint density at radius 3 is 2.38 bits per heavy atom. The molecule has 2 heterocycles. The molecule has 1 N–H and O–H groups in total. The van der Waals surface area contributed by atoms with Gasteiger partial charge in [-0.3, -0.25) is 4.79 Å². The van der Waals surface area contributed by atoms with Crippen LogP contribution in [0.5, 0.6) is 11.5 Å². The third-order valence-corrected chi connectivity index (χ3v) is 5.59. The van der Waals surface area contributed by atoms with Crippen LogP contribution in [0, 0.1) is 5.92 Å². The van der Waals surface area contributed by atoms with E-state index in [0.717, 1.165) is 48.3 Å². The number of methoxy groups -OCH3 is 2. The van der Waals surface area contributed by atoms with Gasteiger partial charge < -0.3 is 24.4 Å². The van der Waals surface area contributed by atoms with E-state index < -0.39 is 0 Å². The van der Waals surface area contributed by atoms with Crippen LogP contribution in [0.2, 0.25) is 0 Å². The molecule has 3 rings (SSSR count). The molecule has 1 aliphatic rings. The first-order valence-corrected chi connectivity index (χ1v) is 11.6. The number of amides is 1. The number of nitrogens with one attached hydrogen (secondary N) is 1. The summed E-state index contributed by atoms with van der Waals surface area (Å²) < 4.78 is 15.9. The van der Waals surface area contributed by atoms with E-state index in [9.17, 15) is 4.79 Å². The highest BCUT2D eigenvalue weighted by Gasteiger charge is 2.26. The van der Waals surface area contributed by atoms with Gasteiger partial charge in [-0.1, -0.05) is 12.2 Å². The van der Waals surface area contributed by atoms with Crippen molar-refractivity contribution in [3.05, 3.63) is 42.9 Å². The molecule has 8 heteroatoms. The first kappa shape index (κ1) is 27.1. The number of carbonyl (C=O) groups is 1. The fourth-order valence-corrected chi connectivity index (χ4v) is 3.60. The van der Waals surface area contributed by atoms with E-state index in [1.165, 1.54) is 0 Å². The zero-order chi connectivity index (χ0) is 25.1. The number of ether oxygens (including phenoxy) is 3. The van der Waals surface area contributed by atoms with Crippen LogP contribution in [-0.4, -0.2) is 55.9 Å². The predicted octanol–water partition coefficient (Wildman–Crippen LogP) is 4.50. The lowest BCUT2D eigenvalue weighted by atomic mass is 9.95. The number of hydrogen-bond acceptors (Lipinski definition) is 7. The smallest absolute Gasteiger partial charge is 0.227 e. The number of piperidine rings is 1. The van der Waals surface area contributed by atoms with Crippen LogP contribution in [0.3, 0.4) is 0 Å². The third kappa shape index (κ3) is 7.45. The van der Waals surface area contributed by atoms with Crippen molar-refractivity contribution in [2.45, 2.75) is 46.6 Å². The number of anilines is 1. The van der Waals surface area contributed by atoms with Gasteiger partial charge in [0.25, 0.3) is 0 Å². The van der Waals surface area contributed by atoms with Gasteiger partial charge in [0.05, 0.1) is 32.4 Å². The lowest BCUT2D eigenvalue weighted by molar-refractivity contribution is -0.124. The molecule has 1 aliphatic heterocycles. The van der Waals surface area contributed by atoms with Gasteiger partial charge in [0.1, 0.15) is 12.1 Å². The quantitative estimate of drug-likeness (QED) is 0.569. The van der Waals surface area contributed by atoms with Crippen LogP contribution in [0.15, 0.2) is 42.9 Å². The molecule has 186 valence electrons. The van der Waals surface area contributed by atoms with Crippen LogP contribution in [0.25, 0.3) is 10.9 Å². The summed E-state index contributed by atoms with van der Waals surface area (Å²) in [5.74, 6) is 2.29. The van der Waals surface area contributed by atoms with E-state index in [2.05, 4.69) is 26.8 Å². The molecule has 1 aromatic carbocycles. The van der Waals surface area contributed by atoms with E-state index in [4.69, 9.17) is 14.2 Å². The lowest BCUT2D eigenvalue weighted by Crippen LogP contribution is -2.40. The van der Waals surface area contributed by atoms with Gasteiger partial charge in [0.2, 0.25) is 5.91 Å². The largest absolute Gasteiger partial charge is 0.493 e. The van der Waals surface area contributed by atoms with Gasteiger partial charge >= 0.3 is 0 Å². The molecule has 8 nitrogen and oxygen atoms in total. The second-order valence-corrected chi connectivity index (χ2v) is 8.31. The number of allylic oxidation sites excluding steroid dienone is 2. The Hall–Kier alpha value is -3.13. The zero-order valence-electron chi connectivity index (χ0n) is 21.3. The van der Waals surface area contributed by atoms with Crippen LogP contribution in [-0.2, 0) is 9.53 Å². The minimum atomic E-state index is 0.0267. The molecule has 0 atom stereocenters. The molecule has 0 saturated carbocycles. The minimum Gasteiger partial charge on any atom is -0.493 e. The Kier molecular flexibility index (Phi) is 10.8. The van der Waals surface area contributed by atoms with Gasteiger partial charge in [0.15, 0.2) is 11.5 Å². The summed E-state index contributed by atoms with van der Waals surface area (Å²) >= 11 is 0.